The molecule has 6 heteroatoms. The lowest BCUT2D eigenvalue weighted by atomic mass is 9.86. The molecule has 3 aromatic rings. The summed E-state index contributed by atoms with van der Waals surface area (Å²) in [4.78, 5) is 23.4. The Hall–Kier alpha value is -3.28. The predicted molar refractivity (Wildman–Crippen MR) is 110 cm³/mol. The number of para-hydroxylation sites is 1. The zero-order chi connectivity index (χ0) is 21.0. The molecule has 0 fully saturated rings. The first-order chi connectivity index (χ1) is 13.8. The fourth-order valence-corrected chi connectivity index (χ4v) is 2.96. The van der Waals surface area contributed by atoms with E-state index in [-0.39, 0.29) is 29.6 Å². The number of hydrogen-bond donors (Lipinski definition) is 1. The van der Waals surface area contributed by atoms with Crippen molar-refractivity contribution in [2.24, 2.45) is 0 Å². The summed E-state index contributed by atoms with van der Waals surface area (Å²) in [5, 5.41) is 9.04. The molecule has 1 heterocycles. The number of fused-ring (bicyclic) bond motifs is 1. The third-order valence-corrected chi connectivity index (χ3v) is 4.43. The van der Waals surface area contributed by atoms with E-state index in [0.717, 1.165) is 5.56 Å². The van der Waals surface area contributed by atoms with Gasteiger partial charge in [-0.1, -0.05) is 39.0 Å². The van der Waals surface area contributed by atoms with Gasteiger partial charge in [-0.15, -0.1) is 0 Å². The van der Waals surface area contributed by atoms with Crippen molar-refractivity contribution in [2.45, 2.75) is 39.0 Å². The van der Waals surface area contributed by atoms with E-state index in [1.165, 1.54) is 6.26 Å². The van der Waals surface area contributed by atoms with Gasteiger partial charge in [0.25, 0.3) is 0 Å². The molecule has 0 aliphatic rings. The highest BCUT2D eigenvalue weighted by molar-refractivity contribution is 5.79. The van der Waals surface area contributed by atoms with Crippen molar-refractivity contribution >= 4 is 16.9 Å². The molecule has 1 aromatic heterocycles. The van der Waals surface area contributed by atoms with E-state index >= 15 is 0 Å². The summed E-state index contributed by atoms with van der Waals surface area (Å²) in [6.45, 7) is 6.51. The maximum atomic E-state index is 12.8. The zero-order valence-corrected chi connectivity index (χ0v) is 16.7. The van der Waals surface area contributed by atoms with Crippen LogP contribution in [0.4, 0.5) is 0 Å². The SMILES string of the molecule is CC(C)(C)c1ccccc1Oc1coc2cc(OCCCC(=O)O)ccc2c1=O. The molecule has 29 heavy (non-hydrogen) atoms. The Morgan fingerprint density at radius 1 is 1.10 bits per heavy atom. The first-order valence-corrected chi connectivity index (χ1v) is 9.43. The van der Waals surface area contributed by atoms with E-state index in [1.54, 1.807) is 18.2 Å². The molecule has 0 unspecified atom stereocenters. The van der Waals surface area contributed by atoms with Crippen LogP contribution in [0.3, 0.4) is 0 Å². The van der Waals surface area contributed by atoms with Crippen molar-refractivity contribution in [3.8, 4) is 17.2 Å². The van der Waals surface area contributed by atoms with E-state index < -0.39 is 5.97 Å². The molecule has 0 radical (unpaired) electrons. The quantitative estimate of drug-likeness (QED) is 0.558. The highest BCUT2D eigenvalue weighted by atomic mass is 16.5. The number of benzene rings is 2. The molecule has 3 rings (SSSR count). The van der Waals surface area contributed by atoms with E-state index in [9.17, 15) is 9.59 Å². The second-order valence-electron chi connectivity index (χ2n) is 7.78. The molecule has 0 spiro atoms. The fourth-order valence-electron chi connectivity index (χ4n) is 2.96. The lowest BCUT2D eigenvalue weighted by Crippen LogP contribution is -2.13. The van der Waals surface area contributed by atoms with E-state index in [4.69, 9.17) is 19.0 Å². The molecule has 152 valence electrons. The summed E-state index contributed by atoms with van der Waals surface area (Å²) in [6.07, 6.45) is 1.75. The second-order valence-corrected chi connectivity index (χ2v) is 7.78. The van der Waals surface area contributed by atoms with Gasteiger partial charge in [0.15, 0.2) is 0 Å². The van der Waals surface area contributed by atoms with Crippen LogP contribution >= 0.6 is 0 Å². The van der Waals surface area contributed by atoms with Crippen molar-refractivity contribution in [2.75, 3.05) is 6.61 Å². The molecule has 0 aliphatic heterocycles. The van der Waals surface area contributed by atoms with Crippen LogP contribution in [-0.2, 0) is 10.2 Å². The van der Waals surface area contributed by atoms with Crippen molar-refractivity contribution in [3.63, 3.8) is 0 Å². The van der Waals surface area contributed by atoms with Crippen LogP contribution in [0, 0.1) is 0 Å². The van der Waals surface area contributed by atoms with Crippen molar-refractivity contribution in [3.05, 3.63) is 64.5 Å². The van der Waals surface area contributed by atoms with Crippen LogP contribution in [0.5, 0.6) is 17.2 Å². The number of hydrogen-bond acceptors (Lipinski definition) is 5. The second kappa shape index (κ2) is 8.39. The summed E-state index contributed by atoms with van der Waals surface area (Å²) >= 11 is 0. The third kappa shape index (κ3) is 4.96. The minimum absolute atomic E-state index is 0.0411. The standard InChI is InChI=1S/C23H24O6/c1-23(2,3)17-7-4-5-8-18(17)29-20-14-28-19-13-15(10-11-16(19)22(20)26)27-12-6-9-21(24)25/h4-5,7-8,10-11,13-14H,6,9,12H2,1-3H3,(H,24,25). The normalized spacial score (nSPS) is 11.4. The summed E-state index contributed by atoms with van der Waals surface area (Å²) < 4.78 is 17.0. The van der Waals surface area contributed by atoms with Crippen LogP contribution < -0.4 is 14.9 Å². The van der Waals surface area contributed by atoms with Crippen LogP contribution in [-0.4, -0.2) is 17.7 Å². The average Bonchev–Trinajstić information content (AvgIpc) is 2.67. The van der Waals surface area contributed by atoms with Crippen LogP contribution in [0.2, 0.25) is 0 Å². The average molecular weight is 396 g/mol. The van der Waals surface area contributed by atoms with E-state index in [0.29, 0.717) is 28.9 Å². The van der Waals surface area contributed by atoms with Crippen molar-refractivity contribution in [1.29, 1.82) is 0 Å². The van der Waals surface area contributed by atoms with Crippen LogP contribution in [0.1, 0.15) is 39.2 Å². The Kier molecular flexibility index (Phi) is 5.92. The Balaban J connectivity index is 1.83. The number of ether oxygens (including phenoxy) is 2. The fraction of sp³-hybridized carbons (Fsp3) is 0.304. The molecular formula is C23H24O6. The van der Waals surface area contributed by atoms with Gasteiger partial charge in [-0.25, -0.2) is 0 Å². The van der Waals surface area contributed by atoms with Gasteiger partial charge in [0.2, 0.25) is 11.2 Å². The summed E-state index contributed by atoms with van der Waals surface area (Å²) in [5.41, 5.74) is 0.958. The van der Waals surface area contributed by atoms with Gasteiger partial charge >= 0.3 is 5.97 Å². The van der Waals surface area contributed by atoms with E-state index in [1.807, 2.05) is 24.3 Å². The number of carboxylic acids is 1. The van der Waals surface area contributed by atoms with Gasteiger partial charge in [-0.2, -0.15) is 0 Å². The Morgan fingerprint density at radius 2 is 1.86 bits per heavy atom. The van der Waals surface area contributed by atoms with E-state index in [2.05, 4.69) is 20.8 Å². The molecule has 0 amide bonds. The molecule has 0 bridgehead atoms. The number of carbonyl (C=O) groups is 1. The van der Waals surface area contributed by atoms with Crippen molar-refractivity contribution in [1.82, 2.24) is 0 Å². The topological polar surface area (TPSA) is 86.0 Å². The molecule has 1 N–H and O–H groups in total. The van der Waals surface area contributed by atoms with Gasteiger partial charge in [0, 0.05) is 18.1 Å². The van der Waals surface area contributed by atoms with Crippen LogP contribution in [0.25, 0.3) is 11.0 Å². The van der Waals surface area contributed by atoms with Gasteiger partial charge in [-0.05, 0) is 30.0 Å². The van der Waals surface area contributed by atoms with Gasteiger partial charge in [0.05, 0.1) is 12.0 Å². The lowest BCUT2D eigenvalue weighted by molar-refractivity contribution is -0.137. The van der Waals surface area contributed by atoms with Crippen molar-refractivity contribution < 1.29 is 23.8 Å². The molecule has 0 saturated heterocycles. The van der Waals surface area contributed by atoms with Gasteiger partial charge < -0.3 is 19.0 Å². The molecule has 2 aromatic carbocycles. The number of aliphatic carboxylic acids is 1. The minimum atomic E-state index is -0.862. The lowest BCUT2D eigenvalue weighted by Gasteiger charge is -2.22. The Bertz CT molecular complexity index is 1070. The first-order valence-electron chi connectivity index (χ1n) is 9.43. The Labute approximate surface area is 168 Å². The zero-order valence-electron chi connectivity index (χ0n) is 16.7. The highest BCUT2D eigenvalue weighted by Crippen LogP contribution is 2.33. The highest BCUT2D eigenvalue weighted by Gasteiger charge is 2.20. The third-order valence-electron chi connectivity index (χ3n) is 4.43. The first kappa shape index (κ1) is 20.5. The predicted octanol–water partition coefficient (Wildman–Crippen LogP) is 5.13. The summed E-state index contributed by atoms with van der Waals surface area (Å²) in [7, 11) is 0. The maximum Gasteiger partial charge on any atom is 0.303 e. The van der Waals surface area contributed by atoms with Crippen LogP contribution in [0.15, 0.2) is 57.9 Å². The van der Waals surface area contributed by atoms with Gasteiger partial charge in [-0.3, -0.25) is 9.59 Å². The smallest absolute Gasteiger partial charge is 0.303 e. The monoisotopic (exact) mass is 396 g/mol. The molecule has 0 saturated carbocycles. The molecule has 0 aliphatic carbocycles. The van der Waals surface area contributed by atoms with Gasteiger partial charge in [0.1, 0.15) is 23.3 Å². The number of rotatable bonds is 7. The molecule has 0 atom stereocenters. The molecular weight excluding hydrogens is 372 g/mol. The summed E-state index contributed by atoms with van der Waals surface area (Å²) in [6, 6.07) is 12.5. The number of carboxylic acid groups (broad SMARTS) is 1. The largest absolute Gasteiger partial charge is 0.493 e. The summed E-state index contributed by atoms with van der Waals surface area (Å²) in [5.74, 6) is 0.380. The minimum Gasteiger partial charge on any atom is -0.493 e. The maximum absolute atomic E-state index is 12.8. The molecule has 6 nitrogen and oxygen atoms in total. The Morgan fingerprint density at radius 3 is 2.59 bits per heavy atom.